The molecule has 2 heterocycles. The minimum absolute atomic E-state index is 0.742. The number of ether oxygens (including phenoxy) is 2. The van der Waals surface area contributed by atoms with Gasteiger partial charge in [-0.15, -0.1) is 0 Å². The highest BCUT2D eigenvalue weighted by Crippen LogP contribution is 2.48. The van der Waals surface area contributed by atoms with Gasteiger partial charge in [0.2, 0.25) is 5.52 Å². The lowest BCUT2D eigenvalue weighted by atomic mass is 10.1. The minimum atomic E-state index is 0.742. The number of rotatable bonds is 9. The Balaban J connectivity index is 1.34. The fourth-order valence-electron chi connectivity index (χ4n) is 5.00. The SMILES string of the molecule is COc1ccc(CCN2C(=Cc3sc4ccc(Cl)cc4[n+]3CCc3ccc(OC)cc3)Sc3ccc(Cl)cc32)cc1. The molecule has 208 valence electrons. The van der Waals surface area contributed by atoms with Gasteiger partial charge < -0.3 is 14.4 Å². The molecule has 4 nitrogen and oxygen atoms in total. The number of anilines is 1. The molecule has 0 bridgehead atoms. The van der Waals surface area contributed by atoms with Crippen molar-refractivity contribution in [1.29, 1.82) is 0 Å². The van der Waals surface area contributed by atoms with E-state index in [4.69, 9.17) is 32.7 Å². The van der Waals surface area contributed by atoms with E-state index in [2.05, 4.69) is 64.1 Å². The number of aromatic nitrogens is 1. The maximum atomic E-state index is 6.47. The first-order chi connectivity index (χ1) is 20.0. The molecule has 1 aliphatic heterocycles. The van der Waals surface area contributed by atoms with Gasteiger partial charge in [-0.1, -0.05) is 70.6 Å². The number of thiazole rings is 1. The van der Waals surface area contributed by atoms with Crippen LogP contribution >= 0.6 is 46.3 Å². The molecule has 0 saturated carbocycles. The summed E-state index contributed by atoms with van der Waals surface area (Å²) in [5, 5.41) is 3.86. The van der Waals surface area contributed by atoms with Crippen LogP contribution in [0.4, 0.5) is 5.69 Å². The maximum absolute atomic E-state index is 6.47. The molecule has 0 aliphatic carbocycles. The second kappa shape index (κ2) is 12.4. The van der Waals surface area contributed by atoms with E-state index < -0.39 is 0 Å². The third kappa shape index (κ3) is 6.21. The molecular weight excluding hydrogens is 591 g/mol. The van der Waals surface area contributed by atoms with Gasteiger partial charge in [-0.2, -0.15) is 4.57 Å². The average Bonchev–Trinajstić information content (AvgIpc) is 3.51. The first-order valence-electron chi connectivity index (χ1n) is 13.3. The third-order valence-electron chi connectivity index (χ3n) is 7.20. The van der Waals surface area contributed by atoms with Gasteiger partial charge in [0.25, 0.3) is 5.01 Å². The Labute approximate surface area is 258 Å². The smallest absolute Gasteiger partial charge is 0.265 e. The van der Waals surface area contributed by atoms with Crippen molar-refractivity contribution in [1.82, 2.24) is 0 Å². The predicted octanol–water partition coefficient (Wildman–Crippen LogP) is 8.91. The summed E-state index contributed by atoms with van der Waals surface area (Å²) in [4.78, 5) is 3.60. The zero-order valence-electron chi connectivity index (χ0n) is 22.8. The summed E-state index contributed by atoms with van der Waals surface area (Å²) in [6, 6.07) is 28.9. The topological polar surface area (TPSA) is 25.6 Å². The Morgan fingerprint density at radius 2 is 1.41 bits per heavy atom. The van der Waals surface area contributed by atoms with Crippen molar-refractivity contribution in [2.45, 2.75) is 24.3 Å². The standard InChI is InChI=1S/C33H29Cl2N2O2S2/c1-38-26-9-3-22(4-10-26)15-17-36-28-19-24(34)7-13-30(28)40-32(36)21-33-37(29-20-25(35)8-14-31(29)41-33)18-16-23-5-11-27(39-2)12-6-23/h3-14,19-21H,15-18H2,1-2H3/q+1. The number of hydrogen-bond acceptors (Lipinski definition) is 5. The molecule has 1 aromatic heterocycles. The molecule has 0 atom stereocenters. The lowest BCUT2D eigenvalue weighted by Gasteiger charge is -2.20. The molecule has 0 radical (unpaired) electrons. The van der Waals surface area contributed by atoms with Crippen molar-refractivity contribution in [3.05, 3.63) is 116 Å². The van der Waals surface area contributed by atoms with Crippen LogP contribution in [-0.4, -0.2) is 20.8 Å². The van der Waals surface area contributed by atoms with Crippen LogP contribution in [0.5, 0.6) is 11.5 Å². The van der Waals surface area contributed by atoms with Crippen molar-refractivity contribution >= 4 is 68.3 Å². The highest BCUT2D eigenvalue weighted by molar-refractivity contribution is 8.03. The van der Waals surface area contributed by atoms with Gasteiger partial charge in [-0.05, 0) is 72.1 Å². The summed E-state index contributed by atoms with van der Waals surface area (Å²) >= 11 is 16.5. The van der Waals surface area contributed by atoms with Gasteiger partial charge in [0.15, 0.2) is 6.54 Å². The van der Waals surface area contributed by atoms with Gasteiger partial charge in [0.1, 0.15) is 16.2 Å². The van der Waals surface area contributed by atoms with Crippen LogP contribution in [0.1, 0.15) is 16.1 Å². The molecule has 0 saturated heterocycles. The fraction of sp³-hybridized carbons (Fsp3) is 0.182. The normalized spacial score (nSPS) is 13.7. The van der Waals surface area contributed by atoms with Gasteiger partial charge in [0, 0.05) is 34.0 Å². The summed E-state index contributed by atoms with van der Waals surface area (Å²) in [5.41, 5.74) is 4.82. The lowest BCUT2D eigenvalue weighted by molar-refractivity contribution is -0.668. The number of hydrogen-bond donors (Lipinski definition) is 0. The summed E-state index contributed by atoms with van der Waals surface area (Å²) in [6.07, 6.45) is 4.11. The van der Waals surface area contributed by atoms with Gasteiger partial charge >= 0.3 is 0 Å². The highest BCUT2D eigenvalue weighted by Gasteiger charge is 2.28. The van der Waals surface area contributed by atoms with Crippen LogP contribution in [0, 0.1) is 0 Å². The van der Waals surface area contributed by atoms with E-state index in [0.29, 0.717) is 0 Å². The second-order valence-electron chi connectivity index (χ2n) is 9.75. The molecule has 0 fully saturated rings. The molecule has 6 rings (SSSR count). The molecule has 0 unspecified atom stereocenters. The Hall–Kier alpha value is -3.16. The minimum Gasteiger partial charge on any atom is -0.497 e. The number of halogens is 2. The Morgan fingerprint density at radius 3 is 2.10 bits per heavy atom. The summed E-state index contributed by atoms with van der Waals surface area (Å²) in [5.74, 6) is 1.74. The predicted molar refractivity (Wildman–Crippen MR) is 173 cm³/mol. The van der Waals surface area contributed by atoms with Crippen molar-refractivity contribution in [2.75, 3.05) is 25.7 Å². The van der Waals surface area contributed by atoms with Crippen molar-refractivity contribution in [2.24, 2.45) is 0 Å². The van der Waals surface area contributed by atoms with Crippen molar-refractivity contribution in [3.63, 3.8) is 0 Å². The number of thioether (sulfide) groups is 1. The van der Waals surface area contributed by atoms with Crippen LogP contribution in [0.25, 0.3) is 16.3 Å². The Bertz CT molecular complexity index is 1720. The zero-order valence-corrected chi connectivity index (χ0v) is 25.9. The van der Waals surface area contributed by atoms with Crippen molar-refractivity contribution < 1.29 is 14.0 Å². The van der Waals surface area contributed by atoms with Crippen LogP contribution < -0.4 is 18.9 Å². The number of aryl methyl sites for hydroxylation is 2. The third-order valence-corrected chi connectivity index (χ3v) is 9.89. The molecule has 0 amide bonds. The molecule has 5 aromatic rings. The van der Waals surface area contributed by atoms with Crippen molar-refractivity contribution in [3.8, 4) is 11.5 Å². The molecule has 4 aromatic carbocycles. The summed E-state index contributed by atoms with van der Waals surface area (Å²) in [7, 11) is 3.39. The van der Waals surface area contributed by atoms with Gasteiger partial charge in [0.05, 0.1) is 31.0 Å². The van der Waals surface area contributed by atoms with E-state index in [9.17, 15) is 0 Å². The fourth-order valence-corrected chi connectivity index (χ4v) is 7.61. The molecule has 0 spiro atoms. The highest BCUT2D eigenvalue weighted by atomic mass is 35.5. The summed E-state index contributed by atoms with van der Waals surface area (Å²) < 4.78 is 14.3. The second-order valence-corrected chi connectivity index (χ2v) is 12.7. The lowest BCUT2D eigenvalue weighted by Crippen LogP contribution is -2.36. The van der Waals surface area contributed by atoms with E-state index in [1.165, 1.54) is 30.8 Å². The number of nitrogens with zero attached hydrogens (tertiary/aromatic N) is 2. The van der Waals surface area contributed by atoms with E-state index in [-0.39, 0.29) is 0 Å². The first-order valence-corrected chi connectivity index (χ1v) is 15.7. The largest absolute Gasteiger partial charge is 0.497 e. The molecular formula is C33H29Cl2N2O2S2+. The summed E-state index contributed by atoms with van der Waals surface area (Å²) in [6.45, 7) is 1.67. The quantitative estimate of drug-likeness (QED) is 0.154. The molecule has 0 N–H and O–H groups in total. The molecule has 8 heteroatoms. The van der Waals surface area contributed by atoms with Crippen LogP contribution in [-0.2, 0) is 19.4 Å². The molecule has 41 heavy (non-hydrogen) atoms. The molecule has 1 aliphatic rings. The van der Waals surface area contributed by atoms with E-state index in [1.54, 1.807) is 37.3 Å². The van der Waals surface area contributed by atoms with Crippen LogP contribution in [0.2, 0.25) is 10.0 Å². The van der Waals surface area contributed by atoms with Gasteiger partial charge in [-0.25, -0.2) is 0 Å². The number of fused-ring (bicyclic) bond motifs is 2. The van der Waals surface area contributed by atoms with Crippen LogP contribution in [0.3, 0.4) is 0 Å². The number of benzene rings is 4. The van der Waals surface area contributed by atoms with Gasteiger partial charge in [-0.3, -0.25) is 0 Å². The maximum Gasteiger partial charge on any atom is 0.265 e. The Kier molecular flexibility index (Phi) is 8.45. The van der Waals surface area contributed by atoms with E-state index >= 15 is 0 Å². The Morgan fingerprint density at radius 1 is 0.780 bits per heavy atom. The van der Waals surface area contributed by atoms with Crippen LogP contribution in [0.15, 0.2) is 94.9 Å². The van der Waals surface area contributed by atoms with E-state index in [0.717, 1.165) is 58.7 Å². The zero-order chi connectivity index (χ0) is 28.3. The average molecular weight is 621 g/mol. The monoisotopic (exact) mass is 619 g/mol. The first kappa shape index (κ1) is 28.0. The number of methoxy groups -OCH3 is 2. The van der Waals surface area contributed by atoms with E-state index in [1.807, 2.05) is 36.4 Å².